The highest BCUT2D eigenvalue weighted by molar-refractivity contribution is 5.80. The van der Waals surface area contributed by atoms with Gasteiger partial charge in [-0.3, -0.25) is 4.79 Å². The molecular weight excluding hydrogens is 392 g/mol. The van der Waals surface area contributed by atoms with Crippen molar-refractivity contribution in [2.75, 3.05) is 20.3 Å². The SMILES string of the molecule is CCNC(=NCc1cccc(OCC(=O)NC2CC2)c1)NCc1ccc(C)cc1OC. The van der Waals surface area contributed by atoms with Gasteiger partial charge in [-0.05, 0) is 56.0 Å². The lowest BCUT2D eigenvalue weighted by molar-refractivity contribution is -0.123. The van der Waals surface area contributed by atoms with Crippen LogP contribution in [0.5, 0.6) is 11.5 Å². The molecule has 2 aromatic rings. The summed E-state index contributed by atoms with van der Waals surface area (Å²) in [6.07, 6.45) is 2.14. The second kappa shape index (κ2) is 11.2. The van der Waals surface area contributed by atoms with Crippen LogP contribution in [0.3, 0.4) is 0 Å². The number of amides is 1. The Hall–Kier alpha value is -3.22. The van der Waals surface area contributed by atoms with Crippen LogP contribution in [-0.4, -0.2) is 38.2 Å². The molecule has 7 heteroatoms. The van der Waals surface area contributed by atoms with Crippen molar-refractivity contribution in [3.63, 3.8) is 0 Å². The quantitative estimate of drug-likeness (QED) is 0.403. The lowest BCUT2D eigenvalue weighted by Crippen LogP contribution is -2.36. The van der Waals surface area contributed by atoms with E-state index in [9.17, 15) is 4.79 Å². The number of methoxy groups -OCH3 is 1. The lowest BCUT2D eigenvalue weighted by atomic mass is 10.1. The fourth-order valence-corrected chi connectivity index (χ4v) is 3.07. The Bertz CT molecular complexity index is 909. The van der Waals surface area contributed by atoms with Gasteiger partial charge in [-0.2, -0.15) is 0 Å². The molecule has 0 unspecified atom stereocenters. The first-order valence-electron chi connectivity index (χ1n) is 10.7. The minimum Gasteiger partial charge on any atom is -0.496 e. The topological polar surface area (TPSA) is 84.0 Å². The zero-order valence-corrected chi connectivity index (χ0v) is 18.5. The Morgan fingerprint density at radius 1 is 1.16 bits per heavy atom. The number of guanidine groups is 1. The van der Waals surface area contributed by atoms with Gasteiger partial charge in [0.25, 0.3) is 5.91 Å². The van der Waals surface area contributed by atoms with Crippen LogP contribution in [0.2, 0.25) is 0 Å². The average molecular weight is 425 g/mol. The van der Waals surface area contributed by atoms with Gasteiger partial charge in [0.1, 0.15) is 11.5 Å². The minimum absolute atomic E-state index is 0.0335. The zero-order valence-electron chi connectivity index (χ0n) is 18.5. The predicted octanol–water partition coefficient (Wildman–Crippen LogP) is 2.92. The summed E-state index contributed by atoms with van der Waals surface area (Å²) in [6.45, 7) is 5.97. The van der Waals surface area contributed by atoms with Crippen LogP contribution in [0.1, 0.15) is 36.5 Å². The van der Waals surface area contributed by atoms with E-state index in [2.05, 4.69) is 33.1 Å². The molecule has 3 N–H and O–H groups in total. The van der Waals surface area contributed by atoms with Crippen LogP contribution in [0.15, 0.2) is 47.5 Å². The van der Waals surface area contributed by atoms with Crippen LogP contribution in [0.25, 0.3) is 0 Å². The molecule has 0 heterocycles. The molecule has 1 aliphatic carbocycles. The van der Waals surface area contributed by atoms with E-state index in [1.807, 2.05) is 44.2 Å². The van der Waals surface area contributed by atoms with Gasteiger partial charge in [-0.1, -0.05) is 24.3 Å². The molecule has 1 fully saturated rings. The molecule has 0 aromatic heterocycles. The number of rotatable bonds is 10. The van der Waals surface area contributed by atoms with Gasteiger partial charge < -0.3 is 25.4 Å². The molecule has 1 saturated carbocycles. The van der Waals surface area contributed by atoms with E-state index in [1.165, 1.54) is 0 Å². The summed E-state index contributed by atoms with van der Waals surface area (Å²) < 4.78 is 11.1. The number of ether oxygens (including phenoxy) is 2. The number of carbonyl (C=O) groups is 1. The molecule has 3 rings (SSSR count). The highest BCUT2D eigenvalue weighted by Gasteiger charge is 2.23. The highest BCUT2D eigenvalue weighted by Crippen LogP contribution is 2.20. The van der Waals surface area contributed by atoms with E-state index < -0.39 is 0 Å². The summed E-state index contributed by atoms with van der Waals surface area (Å²) in [5.41, 5.74) is 3.23. The van der Waals surface area contributed by atoms with Crippen LogP contribution < -0.4 is 25.4 Å². The van der Waals surface area contributed by atoms with Crippen LogP contribution in [0.4, 0.5) is 0 Å². The number of aryl methyl sites for hydroxylation is 1. The molecule has 7 nitrogen and oxygen atoms in total. The third-order valence-electron chi connectivity index (χ3n) is 4.86. The largest absolute Gasteiger partial charge is 0.496 e. The van der Waals surface area contributed by atoms with E-state index >= 15 is 0 Å². The minimum atomic E-state index is -0.0731. The van der Waals surface area contributed by atoms with Crippen molar-refractivity contribution in [1.82, 2.24) is 16.0 Å². The average Bonchev–Trinajstić information content (AvgIpc) is 3.59. The smallest absolute Gasteiger partial charge is 0.258 e. The Morgan fingerprint density at radius 3 is 2.74 bits per heavy atom. The maximum atomic E-state index is 11.8. The Morgan fingerprint density at radius 2 is 2.00 bits per heavy atom. The fraction of sp³-hybridized carbons (Fsp3) is 0.417. The first-order chi connectivity index (χ1) is 15.1. The van der Waals surface area contributed by atoms with Crippen molar-refractivity contribution in [3.05, 3.63) is 59.2 Å². The summed E-state index contributed by atoms with van der Waals surface area (Å²) in [5.74, 6) is 2.18. The fourth-order valence-electron chi connectivity index (χ4n) is 3.07. The summed E-state index contributed by atoms with van der Waals surface area (Å²) in [4.78, 5) is 16.5. The molecule has 31 heavy (non-hydrogen) atoms. The number of benzene rings is 2. The van der Waals surface area contributed by atoms with Gasteiger partial charge in [-0.15, -0.1) is 0 Å². The normalized spacial score (nSPS) is 13.5. The molecule has 0 aliphatic heterocycles. The van der Waals surface area contributed by atoms with E-state index in [0.29, 0.717) is 24.9 Å². The van der Waals surface area contributed by atoms with Crippen LogP contribution >= 0.6 is 0 Å². The standard InChI is InChI=1S/C24H32N4O3/c1-4-25-24(27-15-19-9-8-17(2)12-22(19)30-3)26-14-18-6-5-7-21(13-18)31-16-23(29)28-20-10-11-20/h5-9,12-13,20H,4,10-11,14-16H2,1-3H3,(H,28,29)(H2,25,26,27). The number of nitrogens with one attached hydrogen (secondary N) is 3. The molecular formula is C24H32N4O3. The molecule has 2 aromatic carbocycles. The van der Waals surface area contributed by atoms with E-state index in [-0.39, 0.29) is 12.5 Å². The molecule has 0 radical (unpaired) electrons. The summed E-state index contributed by atoms with van der Waals surface area (Å²) >= 11 is 0. The van der Waals surface area contributed by atoms with Crippen LogP contribution in [0, 0.1) is 6.92 Å². The molecule has 1 aliphatic rings. The Labute approximate surface area is 184 Å². The van der Waals surface area contributed by atoms with E-state index in [0.717, 1.165) is 47.8 Å². The van der Waals surface area contributed by atoms with Crippen LogP contribution in [-0.2, 0) is 17.9 Å². The van der Waals surface area contributed by atoms with Gasteiger partial charge in [0.15, 0.2) is 12.6 Å². The Balaban J connectivity index is 1.56. The molecule has 0 spiro atoms. The van der Waals surface area contributed by atoms with Crippen molar-refractivity contribution >= 4 is 11.9 Å². The zero-order chi connectivity index (χ0) is 22.1. The number of nitrogens with zero attached hydrogens (tertiary/aromatic N) is 1. The van der Waals surface area contributed by atoms with Gasteiger partial charge in [-0.25, -0.2) is 4.99 Å². The van der Waals surface area contributed by atoms with Gasteiger partial charge in [0, 0.05) is 24.7 Å². The van der Waals surface area contributed by atoms with E-state index in [4.69, 9.17) is 9.47 Å². The van der Waals surface area contributed by atoms with Gasteiger partial charge in [0.05, 0.1) is 13.7 Å². The van der Waals surface area contributed by atoms with Crippen molar-refractivity contribution in [2.24, 2.45) is 4.99 Å². The molecule has 0 saturated heterocycles. The molecule has 0 atom stereocenters. The Kier molecular flexibility index (Phi) is 8.15. The van der Waals surface area contributed by atoms with Crippen molar-refractivity contribution in [1.29, 1.82) is 0 Å². The second-order valence-electron chi connectivity index (χ2n) is 7.64. The van der Waals surface area contributed by atoms with Crippen molar-refractivity contribution in [3.8, 4) is 11.5 Å². The molecule has 166 valence electrons. The number of aliphatic imine (C=N–C) groups is 1. The summed E-state index contributed by atoms with van der Waals surface area (Å²) in [6, 6.07) is 14.2. The van der Waals surface area contributed by atoms with E-state index in [1.54, 1.807) is 7.11 Å². The van der Waals surface area contributed by atoms with Gasteiger partial charge in [0.2, 0.25) is 0 Å². The number of hydrogen-bond acceptors (Lipinski definition) is 4. The number of carbonyl (C=O) groups excluding carboxylic acids is 1. The first-order valence-corrected chi connectivity index (χ1v) is 10.7. The maximum absolute atomic E-state index is 11.8. The van der Waals surface area contributed by atoms with Crippen molar-refractivity contribution in [2.45, 2.75) is 45.8 Å². The number of hydrogen-bond donors (Lipinski definition) is 3. The highest BCUT2D eigenvalue weighted by atomic mass is 16.5. The van der Waals surface area contributed by atoms with Crippen molar-refractivity contribution < 1.29 is 14.3 Å². The predicted molar refractivity (Wildman–Crippen MR) is 122 cm³/mol. The molecule has 0 bridgehead atoms. The second-order valence-corrected chi connectivity index (χ2v) is 7.64. The molecule has 1 amide bonds. The third-order valence-corrected chi connectivity index (χ3v) is 4.86. The maximum Gasteiger partial charge on any atom is 0.258 e. The summed E-state index contributed by atoms with van der Waals surface area (Å²) in [5, 5.41) is 9.54. The summed E-state index contributed by atoms with van der Waals surface area (Å²) in [7, 11) is 1.68. The van der Waals surface area contributed by atoms with Gasteiger partial charge >= 0.3 is 0 Å². The first kappa shape index (κ1) is 22.5. The third kappa shape index (κ3) is 7.51. The lowest BCUT2D eigenvalue weighted by Gasteiger charge is -2.14. The monoisotopic (exact) mass is 424 g/mol.